The second kappa shape index (κ2) is 8.12. The average molecular weight is 447 g/mol. The summed E-state index contributed by atoms with van der Waals surface area (Å²) in [4.78, 5) is 26.0. The van der Waals surface area contributed by atoms with Gasteiger partial charge in [0, 0.05) is 29.0 Å². The average Bonchev–Trinajstić information content (AvgIpc) is 2.53. The van der Waals surface area contributed by atoms with Crippen LogP contribution in [-0.4, -0.2) is 47.6 Å². The van der Waals surface area contributed by atoms with Gasteiger partial charge in [-0.15, -0.1) is 0 Å². The highest BCUT2D eigenvalue weighted by Gasteiger charge is 2.42. The minimum atomic E-state index is -2.95. The Bertz CT molecular complexity index is 719. The molecule has 2 rings (SSSR count). The van der Waals surface area contributed by atoms with E-state index < -0.39 is 36.1 Å². The van der Waals surface area contributed by atoms with E-state index in [0.717, 1.165) is 4.90 Å². The number of alkyl halides is 2. The van der Waals surface area contributed by atoms with Crippen molar-refractivity contribution in [1.82, 2.24) is 10.2 Å². The van der Waals surface area contributed by atoms with Crippen LogP contribution >= 0.6 is 15.9 Å². The maximum Gasteiger partial charge on any atom is 0.407 e. The van der Waals surface area contributed by atoms with Crippen molar-refractivity contribution in [2.45, 2.75) is 58.1 Å². The van der Waals surface area contributed by atoms with Crippen LogP contribution in [0.15, 0.2) is 22.7 Å². The van der Waals surface area contributed by atoms with Gasteiger partial charge in [0.1, 0.15) is 5.60 Å². The molecule has 1 heterocycles. The number of nitrogens with one attached hydrogen (secondary N) is 1. The van der Waals surface area contributed by atoms with Gasteiger partial charge in [0.15, 0.2) is 0 Å². The molecule has 1 atom stereocenters. The fraction of sp³-hybridized carbons (Fsp3) is 0.579. The lowest BCUT2D eigenvalue weighted by molar-refractivity contribution is -0.0717. The summed E-state index contributed by atoms with van der Waals surface area (Å²) in [7, 11) is 0. The van der Waals surface area contributed by atoms with Gasteiger partial charge >= 0.3 is 6.09 Å². The molecule has 1 aromatic carbocycles. The topological polar surface area (TPSA) is 58.6 Å². The van der Waals surface area contributed by atoms with Crippen LogP contribution in [0.1, 0.15) is 49.5 Å². The zero-order chi connectivity index (χ0) is 20.4. The van der Waals surface area contributed by atoms with E-state index >= 15 is 0 Å². The molecule has 0 saturated carbocycles. The molecule has 0 aromatic heterocycles. The highest BCUT2D eigenvalue weighted by Crippen LogP contribution is 2.32. The molecule has 150 valence electrons. The summed E-state index contributed by atoms with van der Waals surface area (Å²) in [5.74, 6) is -3.41. The van der Waals surface area contributed by atoms with Crippen molar-refractivity contribution in [1.29, 1.82) is 0 Å². The van der Waals surface area contributed by atoms with Gasteiger partial charge in [-0.25, -0.2) is 13.6 Å². The van der Waals surface area contributed by atoms with E-state index in [4.69, 9.17) is 4.74 Å². The molecule has 0 radical (unpaired) electrons. The Morgan fingerprint density at radius 3 is 2.67 bits per heavy atom. The number of amides is 2. The van der Waals surface area contributed by atoms with Gasteiger partial charge in [-0.1, -0.05) is 22.0 Å². The molecule has 27 heavy (non-hydrogen) atoms. The van der Waals surface area contributed by atoms with Crippen molar-refractivity contribution in [3.05, 3.63) is 33.8 Å². The number of alkyl carbamates (subject to hydrolysis) is 1. The molecular formula is C19H25BrF2N2O3. The number of hydrogen-bond donors (Lipinski definition) is 1. The molecule has 1 aromatic rings. The Balaban J connectivity index is 2.16. The molecule has 0 bridgehead atoms. The van der Waals surface area contributed by atoms with Gasteiger partial charge in [0.25, 0.3) is 11.8 Å². The molecule has 1 aliphatic heterocycles. The van der Waals surface area contributed by atoms with Crippen molar-refractivity contribution < 1.29 is 23.1 Å². The second-order valence-electron chi connectivity index (χ2n) is 7.82. The van der Waals surface area contributed by atoms with Gasteiger partial charge in [-0.05, 0) is 51.8 Å². The number of likely N-dealkylation sites (tertiary alicyclic amines) is 1. The summed E-state index contributed by atoms with van der Waals surface area (Å²) in [5.41, 5.74) is 0.410. The predicted molar refractivity (Wildman–Crippen MR) is 102 cm³/mol. The Morgan fingerprint density at radius 2 is 2.04 bits per heavy atom. The van der Waals surface area contributed by atoms with Gasteiger partial charge in [-0.3, -0.25) is 4.79 Å². The third-order valence-corrected chi connectivity index (χ3v) is 4.75. The number of halogens is 3. The summed E-state index contributed by atoms with van der Waals surface area (Å²) in [6.07, 6.45) is -0.859. The number of aryl methyl sites for hydroxylation is 1. The number of carbonyl (C=O) groups excluding carboxylic acids is 2. The van der Waals surface area contributed by atoms with E-state index in [-0.39, 0.29) is 19.4 Å². The number of ether oxygens (including phenoxy) is 1. The number of benzene rings is 1. The number of nitrogens with zero attached hydrogens (tertiary/aromatic N) is 1. The fourth-order valence-electron chi connectivity index (χ4n) is 2.94. The minimum Gasteiger partial charge on any atom is -0.444 e. The van der Waals surface area contributed by atoms with Crippen LogP contribution < -0.4 is 5.32 Å². The summed E-state index contributed by atoms with van der Waals surface area (Å²) < 4.78 is 33.9. The highest BCUT2D eigenvalue weighted by atomic mass is 79.9. The first-order valence-corrected chi connectivity index (χ1v) is 9.59. The molecule has 0 spiro atoms. The number of hydrogen-bond acceptors (Lipinski definition) is 3. The summed E-state index contributed by atoms with van der Waals surface area (Å²) in [5, 5.41) is 2.59. The molecule has 1 unspecified atom stereocenters. The lowest BCUT2D eigenvalue weighted by atomic mass is 9.97. The normalized spacial score (nSPS) is 19.5. The Morgan fingerprint density at radius 1 is 1.37 bits per heavy atom. The lowest BCUT2D eigenvalue weighted by Crippen LogP contribution is -2.55. The highest BCUT2D eigenvalue weighted by molar-refractivity contribution is 9.10. The summed E-state index contributed by atoms with van der Waals surface area (Å²) >= 11 is 3.31. The molecule has 2 amide bonds. The first-order chi connectivity index (χ1) is 12.4. The molecule has 5 nitrogen and oxygen atoms in total. The number of piperidine rings is 1. The van der Waals surface area contributed by atoms with Gasteiger partial charge in [0.2, 0.25) is 0 Å². The van der Waals surface area contributed by atoms with Crippen LogP contribution in [0.2, 0.25) is 0 Å². The van der Waals surface area contributed by atoms with Crippen molar-refractivity contribution in [2.24, 2.45) is 0 Å². The first-order valence-electron chi connectivity index (χ1n) is 8.80. The standard InChI is InChI=1S/C19H25BrF2N2O3/c1-12-5-6-13(20)9-15(12)16(25)24-11-19(21,22)8-7-14(24)10-23-17(26)27-18(2,3)4/h5-6,9,14H,7-8,10-11H2,1-4H3,(H,23,26). The van der Waals surface area contributed by atoms with E-state index in [2.05, 4.69) is 21.2 Å². The summed E-state index contributed by atoms with van der Waals surface area (Å²) in [6, 6.07) is 4.65. The minimum absolute atomic E-state index is 0.0593. The Labute approximate surface area is 166 Å². The van der Waals surface area contributed by atoms with Crippen LogP contribution in [0, 0.1) is 6.92 Å². The summed E-state index contributed by atoms with van der Waals surface area (Å²) in [6.45, 7) is 6.36. The van der Waals surface area contributed by atoms with Crippen LogP contribution in [-0.2, 0) is 4.74 Å². The zero-order valence-corrected chi connectivity index (χ0v) is 17.5. The molecule has 1 saturated heterocycles. The van der Waals surface area contributed by atoms with Crippen LogP contribution in [0.25, 0.3) is 0 Å². The monoisotopic (exact) mass is 446 g/mol. The molecule has 1 aliphatic rings. The molecule has 1 fully saturated rings. The molecular weight excluding hydrogens is 422 g/mol. The SMILES string of the molecule is Cc1ccc(Br)cc1C(=O)N1CC(F)(F)CCC1CNC(=O)OC(C)(C)C. The van der Waals surface area contributed by atoms with E-state index in [0.29, 0.717) is 15.6 Å². The third-order valence-electron chi connectivity index (χ3n) is 4.26. The van der Waals surface area contributed by atoms with Gasteiger partial charge in [-0.2, -0.15) is 0 Å². The smallest absolute Gasteiger partial charge is 0.407 e. The van der Waals surface area contributed by atoms with Crippen molar-refractivity contribution in [3.63, 3.8) is 0 Å². The van der Waals surface area contributed by atoms with Crippen LogP contribution in [0.5, 0.6) is 0 Å². The zero-order valence-electron chi connectivity index (χ0n) is 15.9. The van der Waals surface area contributed by atoms with E-state index in [1.807, 2.05) is 0 Å². The maximum atomic E-state index is 14.0. The fourth-order valence-corrected chi connectivity index (χ4v) is 3.30. The largest absolute Gasteiger partial charge is 0.444 e. The van der Waals surface area contributed by atoms with E-state index in [1.165, 1.54) is 0 Å². The van der Waals surface area contributed by atoms with Crippen molar-refractivity contribution >= 4 is 27.9 Å². The lowest BCUT2D eigenvalue weighted by Gasteiger charge is -2.40. The van der Waals surface area contributed by atoms with Gasteiger partial charge < -0.3 is 15.0 Å². The van der Waals surface area contributed by atoms with Crippen molar-refractivity contribution in [2.75, 3.05) is 13.1 Å². The number of carbonyl (C=O) groups is 2. The first kappa shape index (κ1) is 21.6. The molecule has 1 N–H and O–H groups in total. The van der Waals surface area contributed by atoms with Crippen molar-refractivity contribution in [3.8, 4) is 0 Å². The Hall–Kier alpha value is -1.70. The number of rotatable bonds is 3. The van der Waals surface area contributed by atoms with Crippen LogP contribution in [0.3, 0.4) is 0 Å². The van der Waals surface area contributed by atoms with Gasteiger partial charge in [0.05, 0.1) is 6.54 Å². The molecule has 0 aliphatic carbocycles. The molecule has 8 heteroatoms. The third kappa shape index (κ3) is 6.16. The van der Waals surface area contributed by atoms with Crippen LogP contribution in [0.4, 0.5) is 13.6 Å². The quantitative estimate of drug-likeness (QED) is 0.742. The van der Waals surface area contributed by atoms with E-state index in [9.17, 15) is 18.4 Å². The maximum absolute atomic E-state index is 14.0. The Kier molecular flexibility index (Phi) is 6.50. The predicted octanol–water partition coefficient (Wildman–Crippen LogP) is 4.52. The second-order valence-corrected chi connectivity index (χ2v) is 8.74. The van der Waals surface area contributed by atoms with E-state index in [1.54, 1.807) is 45.9 Å².